The predicted octanol–water partition coefficient (Wildman–Crippen LogP) is 2.06. The number of ether oxygens (including phenoxy) is 1. The molecular weight excluding hydrogens is 190 g/mol. The predicted molar refractivity (Wildman–Crippen MR) is 61.0 cm³/mol. The first-order chi connectivity index (χ1) is 7.19. The van der Waals surface area contributed by atoms with Crippen LogP contribution >= 0.6 is 0 Å². The molecule has 0 atom stereocenters. The first-order valence-corrected chi connectivity index (χ1v) is 5.34. The normalized spacial score (nSPS) is 10.4. The number of nitrogens with one attached hydrogen (secondary N) is 1. The zero-order chi connectivity index (χ0) is 11.3. The summed E-state index contributed by atoms with van der Waals surface area (Å²) in [6.07, 6.45) is 0. The largest absolute Gasteiger partial charge is 0.374 e. The van der Waals surface area contributed by atoms with E-state index in [4.69, 9.17) is 4.74 Å². The maximum Gasteiger partial charge on any atom is 0.156 e. The molecule has 0 fully saturated rings. The van der Waals surface area contributed by atoms with E-state index in [-0.39, 0.29) is 0 Å². The molecule has 1 heterocycles. The van der Waals surface area contributed by atoms with Crippen LogP contribution in [0.25, 0.3) is 0 Å². The molecule has 0 aromatic carbocycles. The molecule has 1 aromatic rings. The van der Waals surface area contributed by atoms with Gasteiger partial charge in [0.2, 0.25) is 0 Å². The second-order valence-electron chi connectivity index (χ2n) is 3.37. The maximum absolute atomic E-state index is 5.29. The van der Waals surface area contributed by atoms with Crippen LogP contribution in [0.4, 0.5) is 5.82 Å². The first kappa shape index (κ1) is 11.9. The molecule has 0 amide bonds. The molecule has 0 radical (unpaired) electrons. The Morgan fingerprint density at radius 1 is 1.20 bits per heavy atom. The number of hydrogen-bond donors (Lipinski definition) is 1. The van der Waals surface area contributed by atoms with E-state index in [9.17, 15) is 0 Å². The molecule has 0 bridgehead atoms. The van der Waals surface area contributed by atoms with Gasteiger partial charge in [0, 0.05) is 24.4 Å². The molecule has 1 N–H and O–H groups in total. The van der Waals surface area contributed by atoms with Gasteiger partial charge < -0.3 is 10.1 Å². The second-order valence-corrected chi connectivity index (χ2v) is 3.37. The number of hydrogen-bond acceptors (Lipinski definition) is 4. The third-order valence-electron chi connectivity index (χ3n) is 2.22. The van der Waals surface area contributed by atoms with Crippen LogP contribution in [-0.2, 0) is 11.3 Å². The Bertz CT molecular complexity index is 326. The van der Waals surface area contributed by atoms with Crippen molar-refractivity contribution < 1.29 is 4.74 Å². The lowest BCUT2D eigenvalue weighted by molar-refractivity contribution is 0.128. The van der Waals surface area contributed by atoms with Gasteiger partial charge in [0.25, 0.3) is 0 Å². The van der Waals surface area contributed by atoms with Gasteiger partial charge in [-0.25, -0.2) is 9.97 Å². The molecule has 0 aliphatic carbocycles. The summed E-state index contributed by atoms with van der Waals surface area (Å²) in [4.78, 5) is 8.79. The molecule has 4 nitrogen and oxygen atoms in total. The molecule has 0 unspecified atom stereocenters. The second kappa shape index (κ2) is 5.66. The summed E-state index contributed by atoms with van der Waals surface area (Å²) in [5.41, 5.74) is 2.12. The monoisotopic (exact) mass is 209 g/mol. The van der Waals surface area contributed by atoms with Crippen LogP contribution in [-0.4, -0.2) is 23.1 Å². The van der Waals surface area contributed by atoms with Crippen LogP contribution < -0.4 is 5.32 Å². The number of rotatable bonds is 5. The zero-order valence-electron chi connectivity index (χ0n) is 9.92. The molecule has 1 aromatic heterocycles. The van der Waals surface area contributed by atoms with E-state index in [1.807, 2.05) is 20.8 Å². The molecule has 0 saturated heterocycles. The molecule has 84 valence electrons. The lowest BCUT2D eigenvalue weighted by Gasteiger charge is -2.10. The summed E-state index contributed by atoms with van der Waals surface area (Å²) in [7, 11) is 0. The molecule has 15 heavy (non-hydrogen) atoms. The van der Waals surface area contributed by atoms with Crippen LogP contribution in [0.15, 0.2) is 0 Å². The van der Waals surface area contributed by atoms with Crippen LogP contribution in [0.2, 0.25) is 0 Å². The Kier molecular flexibility index (Phi) is 4.49. The van der Waals surface area contributed by atoms with Crippen molar-refractivity contribution in [2.75, 3.05) is 18.5 Å². The van der Waals surface area contributed by atoms with Gasteiger partial charge in [0.15, 0.2) is 5.82 Å². The van der Waals surface area contributed by atoms with E-state index < -0.39 is 0 Å². The third kappa shape index (κ3) is 3.16. The average molecular weight is 209 g/mol. The van der Waals surface area contributed by atoms with Gasteiger partial charge in [0.05, 0.1) is 0 Å². The van der Waals surface area contributed by atoms with Crippen LogP contribution in [0.5, 0.6) is 0 Å². The van der Waals surface area contributed by atoms with E-state index in [1.54, 1.807) is 0 Å². The van der Waals surface area contributed by atoms with E-state index in [0.717, 1.165) is 29.4 Å². The lowest BCUT2D eigenvalue weighted by Crippen LogP contribution is -2.09. The number of nitrogens with zero attached hydrogens (tertiary/aromatic N) is 2. The van der Waals surface area contributed by atoms with Crippen LogP contribution in [0, 0.1) is 13.8 Å². The minimum atomic E-state index is 0.482. The fourth-order valence-electron chi connectivity index (χ4n) is 1.28. The van der Waals surface area contributed by atoms with Crippen molar-refractivity contribution in [3.8, 4) is 0 Å². The van der Waals surface area contributed by atoms with Gasteiger partial charge in [0.1, 0.15) is 12.4 Å². The Labute approximate surface area is 91.1 Å². The maximum atomic E-state index is 5.29. The van der Waals surface area contributed by atoms with E-state index in [0.29, 0.717) is 13.2 Å². The van der Waals surface area contributed by atoms with Crippen molar-refractivity contribution in [2.45, 2.75) is 34.3 Å². The highest BCUT2D eigenvalue weighted by Gasteiger charge is 2.06. The molecule has 0 spiro atoms. The first-order valence-electron chi connectivity index (χ1n) is 5.34. The van der Waals surface area contributed by atoms with Gasteiger partial charge in [-0.3, -0.25) is 0 Å². The SMILES string of the molecule is CCNc1nc(COCC)nc(C)c1C. The van der Waals surface area contributed by atoms with Gasteiger partial charge in [-0.05, 0) is 27.7 Å². The van der Waals surface area contributed by atoms with Gasteiger partial charge in [-0.15, -0.1) is 0 Å². The minimum absolute atomic E-state index is 0.482. The Morgan fingerprint density at radius 3 is 2.53 bits per heavy atom. The van der Waals surface area contributed by atoms with Crippen molar-refractivity contribution in [3.63, 3.8) is 0 Å². The number of aryl methyl sites for hydroxylation is 1. The average Bonchev–Trinajstić information content (AvgIpc) is 2.22. The van der Waals surface area contributed by atoms with E-state index in [2.05, 4.69) is 22.2 Å². The van der Waals surface area contributed by atoms with Crippen molar-refractivity contribution >= 4 is 5.82 Å². The molecule has 0 saturated carbocycles. The fourth-order valence-corrected chi connectivity index (χ4v) is 1.28. The lowest BCUT2D eigenvalue weighted by atomic mass is 10.2. The molecular formula is C11H19N3O. The number of anilines is 1. The van der Waals surface area contributed by atoms with Crippen molar-refractivity contribution in [1.82, 2.24) is 9.97 Å². The number of aromatic nitrogens is 2. The molecule has 0 aliphatic rings. The fraction of sp³-hybridized carbons (Fsp3) is 0.636. The minimum Gasteiger partial charge on any atom is -0.374 e. The highest BCUT2D eigenvalue weighted by molar-refractivity contribution is 5.45. The summed E-state index contributed by atoms with van der Waals surface area (Å²) in [6, 6.07) is 0. The summed E-state index contributed by atoms with van der Waals surface area (Å²) in [5.74, 6) is 1.66. The van der Waals surface area contributed by atoms with Gasteiger partial charge in [-0.1, -0.05) is 0 Å². The summed E-state index contributed by atoms with van der Waals surface area (Å²) in [6.45, 7) is 10.1. The van der Waals surface area contributed by atoms with Crippen LogP contribution in [0.3, 0.4) is 0 Å². The third-order valence-corrected chi connectivity index (χ3v) is 2.22. The van der Waals surface area contributed by atoms with Crippen molar-refractivity contribution in [3.05, 3.63) is 17.1 Å². The van der Waals surface area contributed by atoms with E-state index >= 15 is 0 Å². The molecule has 1 rings (SSSR count). The highest BCUT2D eigenvalue weighted by atomic mass is 16.5. The molecule has 0 aliphatic heterocycles. The van der Waals surface area contributed by atoms with E-state index in [1.165, 1.54) is 0 Å². The van der Waals surface area contributed by atoms with Gasteiger partial charge in [-0.2, -0.15) is 0 Å². The van der Waals surface area contributed by atoms with Crippen LogP contribution in [0.1, 0.15) is 30.9 Å². The topological polar surface area (TPSA) is 47.0 Å². The van der Waals surface area contributed by atoms with Crippen molar-refractivity contribution in [2.24, 2.45) is 0 Å². The zero-order valence-corrected chi connectivity index (χ0v) is 9.92. The quantitative estimate of drug-likeness (QED) is 0.806. The summed E-state index contributed by atoms with van der Waals surface area (Å²) < 4.78 is 5.29. The Hall–Kier alpha value is -1.16. The van der Waals surface area contributed by atoms with Crippen molar-refractivity contribution in [1.29, 1.82) is 0 Å². The molecule has 4 heteroatoms. The van der Waals surface area contributed by atoms with Gasteiger partial charge >= 0.3 is 0 Å². The Morgan fingerprint density at radius 2 is 1.93 bits per heavy atom. The summed E-state index contributed by atoms with van der Waals surface area (Å²) >= 11 is 0. The highest BCUT2D eigenvalue weighted by Crippen LogP contribution is 2.14. The smallest absolute Gasteiger partial charge is 0.156 e. The summed E-state index contributed by atoms with van der Waals surface area (Å²) in [5, 5.41) is 3.23. The standard InChI is InChI=1S/C11H19N3O/c1-5-12-11-8(3)9(4)13-10(14-11)7-15-6-2/h5-7H2,1-4H3,(H,12,13,14). The Balaban J connectivity index is 2.90.